The lowest BCUT2D eigenvalue weighted by molar-refractivity contribution is 1.25. The van der Waals surface area contributed by atoms with Gasteiger partial charge in [-0.25, -0.2) is 0 Å². The third kappa shape index (κ3) is 1.50. The standard InChI is InChI=1S/C7H10NPS/c1-5-2-3-8-7(9)6(5)4-10/h2-3,10H,4,9H2,1H3. The number of pyridine rings is 1. The monoisotopic (exact) mass is 171 g/mol. The summed E-state index contributed by atoms with van der Waals surface area (Å²) in [5, 5.41) is 0. The lowest BCUT2D eigenvalue weighted by Gasteiger charge is -2.03. The SMILES string of the molecule is Cc1ccnc(P)c1CS. The largest absolute Gasteiger partial charge is 0.257 e. The predicted octanol–water partition coefficient (Wildman–Crippen LogP) is 1.32. The minimum absolute atomic E-state index is 0.762. The lowest BCUT2D eigenvalue weighted by Crippen LogP contribution is -2.05. The highest BCUT2D eigenvalue weighted by atomic mass is 32.1. The highest BCUT2D eigenvalue weighted by Gasteiger charge is 1.98. The zero-order valence-corrected chi connectivity index (χ0v) is 7.88. The van der Waals surface area contributed by atoms with E-state index in [0.29, 0.717) is 0 Å². The van der Waals surface area contributed by atoms with Gasteiger partial charge in [0.2, 0.25) is 0 Å². The van der Waals surface area contributed by atoms with Gasteiger partial charge in [0.15, 0.2) is 0 Å². The molecule has 1 rings (SSSR count). The van der Waals surface area contributed by atoms with E-state index in [1.807, 2.05) is 12.3 Å². The van der Waals surface area contributed by atoms with Crippen LogP contribution in [0.5, 0.6) is 0 Å². The third-order valence-electron chi connectivity index (χ3n) is 1.48. The fraction of sp³-hybridized carbons (Fsp3) is 0.286. The van der Waals surface area contributed by atoms with Crippen LogP contribution in [0.25, 0.3) is 0 Å². The molecular formula is C7H10NPS. The van der Waals surface area contributed by atoms with Crippen molar-refractivity contribution in [3.05, 3.63) is 23.4 Å². The number of aromatic nitrogens is 1. The van der Waals surface area contributed by atoms with Crippen LogP contribution in [0, 0.1) is 6.92 Å². The first kappa shape index (κ1) is 8.03. The summed E-state index contributed by atoms with van der Waals surface area (Å²) in [6.07, 6.45) is 1.81. The maximum atomic E-state index is 4.20. The molecule has 0 saturated heterocycles. The Bertz CT molecular complexity index is 217. The van der Waals surface area contributed by atoms with Crippen LogP contribution in [0.3, 0.4) is 0 Å². The molecule has 1 atom stereocenters. The van der Waals surface area contributed by atoms with Crippen molar-refractivity contribution in [3.8, 4) is 0 Å². The van der Waals surface area contributed by atoms with Crippen molar-refractivity contribution in [2.45, 2.75) is 12.7 Å². The van der Waals surface area contributed by atoms with Gasteiger partial charge in [0, 0.05) is 11.9 Å². The van der Waals surface area contributed by atoms with Gasteiger partial charge in [-0.1, -0.05) is 9.24 Å². The fourth-order valence-corrected chi connectivity index (χ4v) is 1.81. The second-order valence-electron chi connectivity index (χ2n) is 2.15. The molecule has 1 aromatic rings. The summed E-state index contributed by atoms with van der Waals surface area (Å²) < 4.78 is 0. The van der Waals surface area contributed by atoms with Gasteiger partial charge in [-0.05, 0) is 24.1 Å². The van der Waals surface area contributed by atoms with Crippen molar-refractivity contribution in [1.29, 1.82) is 0 Å². The molecule has 54 valence electrons. The van der Waals surface area contributed by atoms with Gasteiger partial charge in [-0.15, -0.1) is 0 Å². The molecule has 0 saturated carbocycles. The molecule has 10 heavy (non-hydrogen) atoms. The normalized spacial score (nSPS) is 9.90. The van der Waals surface area contributed by atoms with E-state index in [1.165, 1.54) is 11.1 Å². The fourth-order valence-electron chi connectivity index (χ4n) is 0.816. The van der Waals surface area contributed by atoms with Crippen molar-refractivity contribution in [3.63, 3.8) is 0 Å². The number of nitrogens with zero attached hydrogens (tertiary/aromatic N) is 1. The summed E-state index contributed by atoms with van der Waals surface area (Å²) in [5.74, 6) is 0.762. The van der Waals surface area contributed by atoms with Gasteiger partial charge in [0.05, 0.1) is 5.44 Å². The Morgan fingerprint density at radius 2 is 2.40 bits per heavy atom. The van der Waals surface area contributed by atoms with E-state index in [0.717, 1.165) is 11.2 Å². The molecule has 0 spiro atoms. The summed E-state index contributed by atoms with van der Waals surface area (Å²) in [6.45, 7) is 2.07. The topological polar surface area (TPSA) is 12.9 Å². The molecule has 0 aliphatic heterocycles. The first-order valence-electron chi connectivity index (χ1n) is 3.06. The van der Waals surface area contributed by atoms with Crippen molar-refractivity contribution in [2.24, 2.45) is 0 Å². The van der Waals surface area contributed by atoms with E-state index in [1.54, 1.807) is 0 Å². The van der Waals surface area contributed by atoms with Crippen LogP contribution in [0.1, 0.15) is 11.1 Å². The lowest BCUT2D eigenvalue weighted by atomic mass is 10.2. The number of hydrogen-bond acceptors (Lipinski definition) is 2. The zero-order valence-electron chi connectivity index (χ0n) is 5.83. The minimum Gasteiger partial charge on any atom is -0.257 e. The Hall–Kier alpha value is -0.0700. The van der Waals surface area contributed by atoms with Crippen LogP contribution in [0.15, 0.2) is 12.3 Å². The smallest absolute Gasteiger partial charge is 0.0611 e. The van der Waals surface area contributed by atoms with E-state index >= 15 is 0 Å². The predicted molar refractivity (Wildman–Crippen MR) is 51.0 cm³/mol. The van der Waals surface area contributed by atoms with Crippen molar-refractivity contribution < 1.29 is 0 Å². The van der Waals surface area contributed by atoms with Crippen molar-refractivity contribution >= 4 is 27.3 Å². The molecule has 0 radical (unpaired) electrons. The highest BCUT2D eigenvalue weighted by Crippen LogP contribution is 2.07. The quantitative estimate of drug-likeness (QED) is 0.496. The number of rotatable bonds is 1. The van der Waals surface area contributed by atoms with Crippen molar-refractivity contribution in [2.75, 3.05) is 0 Å². The van der Waals surface area contributed by atoms with Gasteiger partial charge < -0.3 is 0 Å². The molecule has 0 N–H and O–H groups in total. The summed E-state index contributed by atoms with van der Waals surface area (Å²) in [6, 6.07) is 2.00. The second-order valence-corrected chi connectivity index (χ2v) is 3.01. The molecule has 0 fully saturated rings. The first-order valence-corrected chi connectivity index (χ1v) is 4.27. The molecule has 1 aromatic heterocycles. The van der Waals surface area contributed by atoms with Crippen LogP contribution < -0.4 is 5.44 Å². The maximum Gasteiger partial charge on any atom is 0.0611 e. The molecular weight excluding hydrogens is 161 g/mol. The van der Waals surface area contributed by atoms with Crippen molar-refractivity contribution in [1.82, 2.24) is 4.98 Å². The number of hydrogen-bond donors (Lipinski definition) is 1. The molecule has 0 amide bonds. The maximum absolute atomic E-state index is 4.20. The van der Waals surface area contributed by atoms with E-state index in [9.17, 15) is 0 Å². The van der Waals surface area contributed by atoms with Gasteiger partial charge in [0.1, 0.15) is 0 Å². The summed E-state index contributed by atoms with van der Waals surface area (Å²) >= 11 is 4.20. The molecule has 0 aliphatic rings. The second kappa shape index (κ2) is 3.36. The van der Waals surface area contributed by atoms with Crippen LogP contribution in [0.4, 0.5) is 0 Å². The van der Waals surface area contributed by atoms with Gasteiger partial charge in [0.25, 0.3) is 0 Å². The van der Waals surface area contributed by atoms with E-state index < -0.39 is 0 Å². The molecule has 0 bridgehead atoms. The Morgan fingerprint density at radius 3 is 2.80 bits per heavy atom. The summed E-state index contributed by atoms with van der Waals surface area (Å²) in [7, 11) is 2.61. The van der Waals surface area contributed by atoms with Crippen LogP contribution >= 0.6 is 21.9 Å². The average molecular weight is 171 g/mol. The summed E-state index contributed by atoms with van der Waals surface area (Å²) in [4.78, 5) is 4.12. The van der Waals surface area contributed by atoms with Crippen LogP contribution in [-0.4, -0.2) is 4.98 Å². The molecule has 1 heterocycles. The Morgan fingerprint density at radius 1 is 1.70 bits per heavy atom. The van der Waals surface area contributed by atoms with Gasteiger partial charge in [-0.3, -0.25) is 4.98 Å². The Balaban J connectivity index is 3.17. The summed E-state index contributed by atoms with van der Waals surface area (Å²) in [5.41, 5.74) is 3.49. The molecule has 1 nitrogen and oxygen atoms in total. The van der Waals surface area contributed by atoms with E-state index in [2.05, 4.69) is 33.8 Å². The third-order valence-corrected chi connectivity index (χ3v) is 2.30. The van der Waals surface area contributed by atoms with Gasteiger partial charge >= 0.3 is 0 Å². The van der Waals surface area contributed by atoms with Crippen LogP contribution in [-0.2, 0) is 5.75 Å². The molecule has 1 unspecified atom stereocenters. The number of aryl methyl sites for hydroxylation is 1. The van der Waals surface area contributed by atoms with Crippen LogP contribution in [0.2, 0.25) is 0 Å². The van der Waals surface area contributed by atoms with E-state index in [4.69, 9.17) is 0 Å². The minimum atomic E-state index is 0.762. The average Bonchev–Trinajstić information content (AvgIpc) is 1.88. The Kier molecular flexibility index (Phi) is 2.70. The molecule has 0 aliphatic carbocycles. The molecule has 0 aromatic carbocycles. The molecule has 3 heteroatoms. The first-order chi connectivity index (χ1) is 4.75. The van der Waals surface area contributed by atoms with E-state index in [-0.39, 0.29) is 0 Å². The zero-order chi connectivity index (χ0) is 7.56. The highest BCUT2D eigenvalue weighted by molar-refractivity contribution is 7.79. The number of thiol groups is 1. The van der Waals surface area contributed by atoms with Gasteiger partial charge in [-0.2, -0.15) is 12.6 Å². The Labute approximate surface area is 68.9 Å².